The molecule has 1 radical (unpaired) electrons. The molecule has 2 aromatic heterocycles. The number of aliphatic hydroxyl groups excluding tert-OH is 1. The normalized spacial score (nSPS) is 13.4. The van der Waals surface area contributed by atoms with Gasteiger partial charge in [-0.1, -0.05) is 110 Å². The fourth-order valence-electron chi connectivity index (χ4n) is 8.13. The number of carbonyl (C=O) groups is 1. The number of fused-ring (bicyclic) bond motifs is 2. The second-order valence-electron chi connectivity index (χ2n) is 15.9. The first-order chi connectivity index (χ1) is 28.3. The van der Waals surface area contributed by atoms with E-state index in [2.05, 4.69) is 78.4 Å². The Bertz CT molecular complexity index is 2390. The van der Waals surface area contributed by atoms with Crippen LogP contribution in [-0.2, 0) is 24.9 Å². The first-order valence-corrected chi connectivity index (χ1v) is 21.0. The molecule has 7 rings (SSSR count). The Morgan fingerprint density at radius 1 is 0.724 bits per heavy atom. The van der Waals surface area contributed by atoms with Gasteiger partial charge in [0, 0.05) is 50.4 Å². The first-order valence-electron chi connectivity index (χ1n) is 22.0. The summed E-state index contributed by atoms with van der Waals surface area (Å²) in [5, 5.41) is 14.0. The Kier molecular flexibility index (Phi) is 16.4. The number of aromatic nitrogens is 2. The van der Waals surface area contributed by atoms with Gasteiger partial charge in [-0.05, 0) is 102 Å². The summed E-state index contributed by atoms with van der Waals surface area (Å²) < 4.78 is 16.0. The number of ketones is 1. The van der Waals surface area contributed by atoms with E-state index < -0.39 is 0 Å². The van der Waals surface area contributed by atoms with E-state index in [-0.39, 0.29) is 55.7 Å². The average molecular weight is 953 g/mol. The number of aryl methyl sites for hydroxylation is 5. The summed E-state index contributed by atoms with van der Waals surface area (Å²) in [6, 6.07) is 30.4. The number of nitrogens with zero attached hydrogens (tertiary/aromatic N) is 2. The molecule has 0 bridgehead atoms. The molecule has 1 fully saturated rings. The van der Waals surface area contributed by atoms with Gasteiger partial charge in [-0.25, -0.2) is 0 Å². The van der Waals surface area contributed by atoms with Crippen molar-refractivity contribution >= 4 is 27.3 Å². The largest absolute Gasteiger partial charge is 0.512 e. The number of rotatable bonds is 10. The third kappa shape index (κ3) is 12.1. The molecule has 0 unspecified atom stereocenters. The molecule has 5 heteroatoms. The predicted molar refractivity (Wildman–Crippen MR) is 241 cm³/mol. The number of aliphatic hydroxyl groups is 1. The van der Waals surface area contributed by atoms with Crippen molar-refractivity contribution in [2.75, 3.05) is 0 Å². The SMILES string of the molecule is CCC(CC)C(=O)/C=C(\O)C(CC)CC.Cc1[c-]c(-c2nccc3cc(C4CCCC4)ccc23)cc(C)c1.[2H]c1nc(-c2[c-]c(C)cc(C)c2)c2ccc(C)cc2c1[2H].[Ir]. The molecule has 1 N–H and O–H groups in total. The van der Waals surface area contributed by atoms with E-state index in [0.29, 0.717) is 0 Å². The van der Waals surface area contributed by atoms with Crippen molar-refractivity contribution in [2.45, 2.75) is 120 Å². The molecular weight excluding hydrogens is 889 g/mol. The molecule has 0 atom stereocenters. The number of hydrogen-bond acceptors (Lipinski definition) is 4. The number of hydrogen-bond donors (Lipinski definition) is 1. The molecule has 2 heterocycles. The molecule has 6 aromatic rings. The van der Waals surface area contributed by atoms with Crippen molar-refractivity contribution in [3.05, 3.63) is 142 Å². The quantitative estimate of drug-likeness (QED) is 0.0844. The fourth-order valence-corrected chi connectivity index (χ4v) is 8.13. The van der Waals surface area contributed by atoms with Gasteiger partial charge in [-0.3, -0.25) is 4.79 Å². The van der Waals surface area contributed by atoms with Crippen LogP contribution >= 0.6 is 0 Å². The molecule has 0 saturated heterocycles. The van der Waals surface area contributed by atoms with Crippen LogP contribution in [0.15, 0.2) is 97.0 Å². The van der Waals surface area contributed by atoms with Gasteiger partial charge in [-0.15, -0.1) is 69.8 Å². The molecule has 0 spiro atoms. The summed E-state index contributed by atoms with van der Waals surface area (Å²) in [5.41, 5.74) is 11.0. The van der Waals surface area contributed by atoms with Crippen molar-refractivity contribution in [1.82, 2.24) is 9.97 Å². The van der Waals surface area contributed by atoms with Crippen molar-refractivity contribution in [1.29, 1.82) is 0 Å². The van der Waals surface area contributed by atoms with Crippen molar-refractivity contribution < 1.29 is 32.7 Å². The minimum Gasteiger partial charge on any atom is -0.512 e. The first kappa shape index (κ1) is 43.1. The van der Waals surface area contributed by atoms with Crippen LogP contribution in [0.5, 0.6) is 0 Å². The van der Waals surface area contributed by atoms with Gasteiger partial charge in [0.05, 0.1) is 8.50 Å². The van der Waals surface area contributed by atoms with Gasteiger partial charge in [-0.2, -0.15) is 0 Å². The number of allylic oxidation sites excluding steroid dienone is 2. The van der Waals surface area contributed by atoms with Crippen LogP contribution in [0, 0.1) is 58.6 Å². The van der Waals surface area contributed by atoms with Crippen LogP contribution in [0.1, 0.15) is 121 Å². The summed E-state index contributed by atoms with van der Waals surface area (Å²) >= 11 is 0. The van der Waals surface area contributed by atoms with Gasteiger partial charge < -0.3 is 15.1 Å². The van der Waals surface area contributed by atoms with Gasteiger partial charge in [0.25, 0.3) is 0 Å². The van der Waals surface area contributed by atoms with E-state index >= 15 is 0 Å². The Morgan fingerprint density at radius 2 is 1.28 bits per heavy atom. The summed E-state index contributed by atoms with van der Waals surface area (Å²) in [7, 11) is 0. The maximum absolute atomic E-state index is 11.7. The minimum absolute atomic E-state index is 0. The van der Waals surface area contributed by atoms with Crippen LogP contribution in [0.25, 0.3) is 44.1 Å². The molecule has 307 valence electrons. The van der Waals surface area contributed by atoms with Gasteiger partial charge in [0.1, 0.15) is 0 Å². The van der Waals surface area contributed by atoms with Crippen LogP contribution in [-0.4, -0.2) is 20.9 Å². The third-order valence-electron chi connectivity index (χ3n) is 11.3. The molecule has 4 nitrogen and oxygen atoms in total. The zero-order valence-corrected chi connectivity index (χ0v) is 38.4. The van der Waals surface area contributed by atoms with E-state index in [9.17, 15) is 9.90 Å². The summed E-state index contributed by atoms with van der Waals surface area (Å²) in [6.45, 7) is 18.3. The van der Waals surface area contributed by atoms with Crippen LogP contribution in [0.3, 0.4) is 0 Å². The summed E-state index contributed by atoms with van der Waals surface area (Å²) in [4.78, 5) is 20.7. The number of benzene rings is 4. The second kappa shape index (κ2) is 22.1. The van der Waals surface area contributed by atoms with Crippen molar-refractivity contribution in [2.24, 2.45) is 11.8 Å². The predicted octanol–water partition coefficient (Wildman–Crippen LogP) is 14.5. The topological polar surface area (TPSA) is 63.1 Å². The second-order valence-corrected chi connectivity index (χ2v) is 15.9. The molecule has 1 aliphatic rings. The monoisotopic (exact) mass is 953 g/mol. The Hall–Kier alpha value is -4.44. The van der Waals surface area contributed by atoms with E-state index in [1.54, 1.807) is 0 Å². The number of carbonyl (C=O) groups excluding carboxylic acids is 1. The molecule has 4 aromatic carbocycles. The molecule has 58 heavy (non-hydrogen) atoms. The molecule has 0 amide bonds. The third-order valence-corrected chi connectivity index (χ3v) is 11.3. The maximum Gasteiger partial charge on any atom is 0.162 e. The fraction of sp³-hybridized carbons (Fsp3) is 0.377. The van der Waals surface area contributed by atoms with Crippen molar-refractivity contribution in [3.8, 4) is 22.5 Å². The molecular formula is C53H62IrN2O2-2. The smallest absolute Gasteiger partial charge is 0.162 e. The van der Waals surface area contributed by atoms with Crippen LogP contribution in [0.4, 0.5) is 0 Å². The van der Waals surface area contributed by atoms with Crippen LogP contribution in [0.2, 0.25) is 0 Å². The molecule has 0 aliphatic heterocycles. The average Bonchev–Trinajstić information content (AvgIpc) is 3.75. The molecule has 1 saturated carbocycles. The van der Waals surface area contributed by atoms with Crippen LogP contribution < -0.4 is 0 Å². The van der Waals surface area contributed by atoms with Gasteiger partial charge >= 0.3 is 0 Å². The maximum atomic E-state index is 11.7. The van der Waals surface area contributed by atoms with E-state index in [1.807, 2.05) is 78.9 Å². The zero-order valence-electron chi connectivity index (χ0n) is 38.0. The standard InChI is InChI=1S/C22H22N.C18H16N.C13H24O2.Ir/c1-15-11-16(2)13-20(12-15)22-21-8-7-18(17-5-3-4-6-17)14-19(21)9-10-23-22;1-12-4-5-17-15(9-12)6-7-19-18(17)16-10-13(2)8-14(3)11-16;1-5-10(6-2)12(14)9-13(15)11(7-3)8-4;/h7-12,14,17H,3-6H2,1-2H3;4-10H,1-3H3;9-11,14H,5-8H2,1-4H3;/q2*-1;;/b;;12-9-;/i;6D,7D;;. The Labute approximate surface area is 364 Å². The van der Waals surface area contributed by atoms with E-state index in [4.69, 9.17) is 2.74 Å². The Morgan fingerprint density at radius 3 is 1.84 bits per heavy atom. The zero-order chi connectivity index (χ0) is 42.8. The Balaban J connectivity index is 0.000000202. The van der Waals surface area contributed by atoms with Gasteiger partial charge in [0.15, 0.2) is 5.78 Å². The summed E-state index contributed by atoms with van der Waals surface area (Å²) in [6.07, 6.45) is 12.3. The van der Waals surface area contributed by atoms with E-state index in [1.165, 1.54) is 59.2 Å². The van der Waals surface area contributed by atoms with E-state index in [0.717, 1.165) is 81.6 Å². The van der Waals surface area contributed by atoms with Crippen molar-refractivity contribution in [3.63, 3.8) is 0 Å². The minimum atomic E-state index is 0. The summed E-state index contributed by atoms with van der Waals surface area (Å²) in [5.74, 6) is 1.30. The molecule has 1 aliphatic carbocycles. The van der Waals surface area contributed by atoms with Gasteiger partial charge in [0.2, 0.25) is 0 Å². The number of pyridine rings is 2.